The highest BCUT2D eigenvalue weighted by Crippen LogP contribution is 2.45. The van der Waals surface area contributed by atoms with Crippen molar-refractivity contribution in [3.05, 3.63) is 24.7 Å². The first kappa shape index (κ1) is 45.5. The van der Waals surface area contributed by atoms with E-state index in [4.69, 9.17) is 23.7 Å². The SMILES string of the molecule is CC[C@H]1OC(=O)[C@@](C)(F)C(=O)[C@H](C)[C@@H](OC2O[C@H](C)C[C@H](N(C)C)[C@H]2O)[C@@](C)(OC)C[C@@H](C)C(=O)[C@H](C)[C@H]2N(CCCCn3cnc4ncccc43)C(=O)O[C@]12CC. The Kier molecular flexibility index (Phi) is 14.1. The fourth-order valence-electron chi connectivity index (χ4n) is 9.64. The van der Waals surface area contributed by atoms with Crippen molar-refractivity contribution in [3.8, 4) is 0 Å². The molecule has 1 amide bonds. The summed E-state index contributed by atoms with van der Waals surface area (Å²) < 4.78 is 49.8. The number of ketones is 2. The van der Waals surface area contributed by atoms with Crippen LogP contribution in [-0.4, -0.2) is 140 Å². The van der Waals surface area contributed by atoms with E-state index >= 15 is 4.39 Å². The molecule has 3 aliphatic rings. The van der Waals surface area contributed by atoms with Gasteiger partial charge in [-0.25, -0.2) is 23.9 Å². The highest BCUT2D eigenvalue weighted by atomic mass is 19.1. The van der Waals surface area contributed by atoms with Gasteiger partial charge in [0.25, 0.3) is 5.67 Å². The minimum Gasteiger partial charge on any atom is -0.455 e. The zero-order valence-corrected chi connectivity index (χ0v) is 36.0. The number of methoxy groups -OCH3 is 1. The minimum atomic E-state index is -3.18. The number of fused-ring (bicyclic) bond motifs is 2. The van der Waals surface area contributed by atoms with Crippen LogP contribution >= 0.6 is 0 Å². The molecule has 0 saturated carbocycles. The van der Waals surface area contributed by atoms with Crippen LogP contribution in [0.3, 0.4) is 0 Å². The summed E-state index contributed by atoms with van der Waals surface area (Å²) in [5.74, 6) is -5.74. The predicted molar refractivity (Wildman–Crippen MR) is 211 cm³/mol. The molecule has 58 heavy (non-hydrogen) atoms. The number of carbonyl (C=O) groups is 4. The molecule has 0 aromatic carbocycles. The highest BCUT2D eigenvalue weighted by Gasteiger charge is 2.63. The van der Waals surface area contributed by atoms with E-state index in [-0.39, 0.29) is 43.7 Å². The summed E-state index contributed by atoms with van der Waals surface area (Å²) in [7, 11) is 5.06. The quantitative estimate of drug-likeness (QED) is 0.185. The van der Waals surface area contributed by atoms with Crippen LogP contribution in [0.5, 0.6) is 0 Å². The molecule has 0 spiro atoms. The number of imidazole rings is 1. The van der Waals surface area contributed by atoms with E-state index in [1.807, 2.05) is 42.6 Å². The first-order valence-electron chi connectivity index (χ1n) is 20.7. The Morgan fingerprint density at radius 1 is 1.03 bits per heavy atom. The van der Waals surface area contributed by atoms with Crippen LogP contribution < -0.4 is 0 Å². The van der Waals surface area contributed by atoms with E-state index in [0.29, 0.717) is 31.5 Å². The maximum atomic E-state index is 17.0. The molecule has 0 radical (unpaired) electrons. The second-order valence-electron chi connectivity index (χ2n) is 17.2. The molecule has 3 fully saturated rings. The maximum absolute atomic E-state index is 17.0. The third kappa shape index (κ3) is 8.54. The second-order valence-corrected chi connectivity index (χ2v) is 17.2. The van der Waals surface area contributed by atoms with Crippen LogP contribution in [0, 0.1) is 17.8 Å². The number of alkyl halides is 1. The number of amides is 1. The number of aryl methyl sites for hydroxylation is 1. The molecule has 1 N–H and O–H groups in total. The van der Waals surface area contributed by atoms with Crippen LogP contribution in [0.1, 0.15) is 93.9 Å². The molecule has 0 bridgehead atoms. The fraction of sp³-hybridized carbons (Fsp3) is 0.762. The summed E-state index contributed by atoms with van der Waals surface area (Å²) >= 11 is 0. The predicted octanol–water partition coefficient (Wildman–Crippen LogP) is 4.90. The molecule has 3 aliphatic heterocycles. The number of aliphatic hydroxyl groups excluding tert-OH is 1. The van der Waals surface area contributed by atoms with Crippen molar-refractivity contribution in [3.63, 3.8) is 0 Å². The molecule has 16 heteroatoms. The van der Waals surface area contributed by atoms with Gasteiger partial charge in [-0.05, 0) is 85.5 Å². The van der Waals surface area contributed by atoms with Gasteiger partial charge in [0.2, 0.25) is 0 Å². The number of pyridine rings is 1. The molecule has 1 unspecified atom stereocenters. The number of unbranched alkanes of at least 4 members (excludes halogenated alkanes) is 1. The number of ether oxygens (including phenoxy) is 5. The van der Waals surface area contributed by atoms with E-state index < -0.39 is 83.1 Å². The van der Waals surface area contributed by atoms with Gasteiger partial charge in [0, 0.05) is 50.2 Å². The summed E-state index contributed by atoms with van der Waals surface area (Å²) in [5, 5.41) is 11.4. The van der Waals surface area contributed by atoms with Crippen LogP contribution in [0.2, 0.25) is 0 Å². The van der Waals surface area contributed by atoms with Crippen molar-refractivity contribution < 1.29 is 52.4 Å². The zero-order chi connectivity index (χ0) is 42.9. The molecule has 15 nitrogen and oxygen atoms in total. The molecule has 2 aromatic rings. The molecule has 5 heterocycles. The van der Waals surface area contributed by atoms with Gasteiger partial charge in [0.1, 0.15) is 18.0 Å². The molecule has 0 aliphatic carbocycles. The van der Waals surface area contributed by atoms with Gasteiger partial charge in [-0.2, -0.15) is 0 Å². The molecular weight excluding hydrogens is 753 g/mol. The number of rotatable bonds is 11. The number of nitrogens with zero attached hydrogens (tertiary/aromatic N) is 5. The Morgan fingerprint density at radius 2 is 1.72 bits per heavy atom. The summed E-state index contributed by atoms with van der Waals surface area (Å²) in [6.07, 6.45) is -0.565. The lowest BCUT2D eigenvalue weighted by molar-refractivity contribution is -0.295. The van der Waals surface area contributed by atoms with E-state index in [0.717, 1.165) is 12.4 Å². The minimum absolute atomic E-state index is 0.00343. The Hall–Kier alpha value is -3.57. The number of halogens is 1. The fourth-order valence-corrected chi connectivity index (χ4v) is 9.64. The van der Waals surface area contributed by atoms with Crippen molar-refractivity contribution in [1.82, 2.24) is 24.3 Å². The van der Waals surface area contributed by atoms with E-state index in [2.05, 4.69) is 9.97 Å². The van der Waals surface area contributed by atoms with Gasteiger partial charge >= 0.3 is 12.1 Å². The van der Waals surface area contributed by atoms with Crippen molar-refractivity contribution in [2.24, 2.45) is 17.8 Å². The average molecular weight is 818 g/mol. The number of aromatic nitrogens is 3. The first-order valence-corrected chi connectivity index (χ1v) is 20.7. The number of hydrogen-bond acceptors (Lipinski definition) is 13. The summed E-state index contributed by atoms with van der Waals surface area (Å²) in [6.45, 7) is 13.6. The van der Waals surface area contributed by atoms with Gasteiger partial charge in [-0.1, -0.05) is 34.6 Å². The summed E-state index contributed by atoms with van der Waals surface area (Å²) in [5.41, 5.74) is -4.64. The van der Waals surface area contributed by atoms with Crippen molar-refractivity contribution in [1.29, 1.82) is 0 Å². The van der Waals surface area contributed by atoms with Crippen LogP contribution in [-0.2, 0) is 44.6 Å². The Bertz CT molecular complexity index is 1790. The van der Waals surface area contributed by atoms with Gasteiger partial charge in [-0.3, -0.25) is 9.59 Å². The summed E-state index contributed by atoms with van der Waals surface area (Å²) in [4.78, 5) is 69.1. The Balaban J connectivity index is 1.51. The standard InChI is InChI=1S/C42H64FN5O10/c1-12-30-42(13-2)33(48(39(53)58-42)20-15-14-19-47-23-45-36-28(47)17-16-18-44-36)26(5)31(49)24(3)22-40(7,54-11)35(27(6)34(51)41(8,43)38(52)56-30)57-37-32(50)29(46(9)10)21-25(4)55-37/h16-18,23-27,29-30,32-33,35,37,50H,12-15,19-22H2,1-11H3/t24-,25-,26+,27+,29+,30-,32-,33-,35-,37?,40+,41+,42-/m1/s1. The molecule has 324 valence electrons. The smallest absolute Gasteiger partial charge is 0.410 e. The average Bonchev–Trinajstić information content (AvgIpc) is 3.74. The number of carbonyl (C=O) groups excluding carboxylic acids is 4. The number of hydrogen-bond donors (Lipinski definition) is 1. The highest BCUT2D eigenvalue weighted by molar-refractivity contribution is 6.08. The topological polar surface area (TPSA) is 172 Å². The Labute approximate surface area is 341 Å². The molecule has 13 atom stereocenters. The van der Waals surface area contributed by atoms with E-state index in [1.54, 1.807) is 52.0 Å². The number of Topliss-reactive ketones (excluding diaryl/α,β-unsaturated/α-hetero) is 2. The van der Waals surface area contributed by atoms with Crippen LogP contribution in [0.4, 0.5) is 9.18 Å². The molecule has 3 saturated heterocycles. The third-order valence-corrected chi connectivity index (χ3v) is 13.0. The van der Waals surface area contributed by atoms with E-state index in [9.17, 15) is 24.3 Å². The molecular formula is C42H64FN5O10. The molecule has 5 rings (SSSR count). The first-order chi connectivity index (χ1) is 27.3. The van der Waals surface area contributed by atoms with Gasteiger partial charge in [-0.15, -0.1) is 0 Å². The van der Waals surface area contributed by atoms with E-state index in [1.165, 1.54) is 14.0 Å². The second kappa shape index (κ2) is 18.0. The number of esters is 1. The number of aliphatic hydroxyl groups is 1. The van der Waals surface area contributed by atoms with Crippen LogP contribution in [0.25, 0.3) is 11.2 Å². The lowest BCUT2D eigenvalue weighted by Gasteiger charge is -2.47. The molecule has 2 aromatic heterocycles. The number of likely N-dealkylation sites (N-methyl/N-ethyl adjacent to an activating group) is 1. The lowest BCUT2D eigenvalue weighted by atomic mass is 9.72. The maximum Gasteiger partial charge on any atom is 0.410 e. The van der Waals surface area contributed by atoms with Gasteiger partial charge < -0.3 is 43.2 Å². The lowest BCUT2D eigenvalue weighted by Crippen LogP contribution is -2.62. The normalized spacial score (nSPS) is 38.1. The van der Waals surface area contributed by atoms with Gasteiger partial charge in [0.05, 0.1) is 35.7 Å². The van der Waals surface area contributed by atoms with Crippen LogP contribution in [0.15, 0.2) is 24.7 Å². The monoisotopic (exact) mass is 817 g/mol. The number of cyclic esters (lactones) is 1. The van der Waals surface area contributed by atoms with Crippen molar-refractivity contribution >= 4 is 34.8 Å². The third-order valence-electron chi connectivity index (χ3n) is 13.0. The Morgan fingerprint density at radius 3 is 2.36 bits per heavy atom. The zero-order valence-electron chi connectivity index (χ0n) is 36.0. The van der Waals surface area contributed by atoms with Crippen molar-refractivity contribution in [2.75, 3.05) is 27.7 Å². The van der Waals surface area contributed by atoms with Gasteiger partial charge in [0.15, 0.2) is 23.3 Å². The van der Waals surface area contributed by atoms with Crippen molar-refractivity contribution in [2.45, 2.75) is 160 Å². The largest absolute Gasteiger partial charge is 0.455 e. The summed E-state index contributed by atoms with van der Waals surface area (Å²) in [6, 6.07) is 2.51.